The molecule has 2 aliphatic rings. The zero-order valence-corrected chi connectivity index (χ0v) is 7.21. The van der Waals surface area contributed by atoms with Crippen LogP contribution in [0.1, 0.15) is 25.7 Å². The molecule has 1 saturated heterocycles. The van der Waals surface area contributed by atoms with E-state index in [1.807, 2.05) is 0 Å². The third kappa shape index (κ3) is 0.881. The van der Waals surface area contributed by atoms with Crippen molar-refractivity contribution in [2.75, 3.05) is 7.05 Å². The summed E-state index contributed by atoms with van der Waals surface area (Å²) in [6.07, 6.45) is 3.12. The van der Waals surface area contributed by atoms with Crippen LogP contribution in [0.15, 0.2) is 0 Å². The van der Waals surface area contributed by atoms with Gasteiger partial charge in [-0.2, -0.15) is 0 Å². The average molecular weight is 170 g/mol. The van der Waals surface area contributed by atoms with E-state index in [0.29, 0.717) is 0 Å². The summed E-state index contributed by atoms with van der Waals surface area (Å²) in [5.74, 6) is 0.0486. The van der Waals surface area contributed by atoms with Crippen molar-refractivity contribution >= 4 is 5.91 Å². The van der Waals surface area contributed by atoms with Gasteiger partial charge in [0.25, 0.3) is 0 Å². The molecular formula is C8H14N2O2. The molecule has 0 bridgehead atoms. The molecule has 2 fully saturated rings. The van der Waals surface area contributed by atoms with Crippen LogP contribution in [0, 0.1) is 0 Å². The zero-order valence-electron chi connectivity index (χ0n) is 7.21. The summed E-state index contributed by atoms with van der Waals surface area (Å²) in [5, 5.41) is 12.3. The minimum absolute atomic E-state index is 0.0486. The van der Waals surface area contributed by atoms with Crippen molar-refractivity contribution in [3.63, 3.8) is 0 Å². The highest BCUT2D eigenvalue weighted by atomic mass is 16.3. The van der Waals surface area contributed by atoms with Crippen molar-refractivity contribution < 1.29 is 9.90 Å². The van der Waals surface area contributed by atoms with E-state index >= 15 is 0 Å². The second-order valence-electron chi connectivity index (χ2n) is 3.72. The third-order valence-corrected chi connectivity index (χ3v) is 2.96. The molecule has 0 aromatic heterocycles. The summed E-state index contributed by atoms with van der Waals surface area (Å²) < 4.78 is 0. The normalized spacial score (nSPS) is 33.7. The van der Waals surface area contributed by atoms with Gasteiger partial charge in [-0.25, -0.2) is 0 Å². The fraction of sp³-hybridized carbons (Fsp3) is 0.875. The largest absolute Gasteiger partial charge is 0.361 e. The Morgan fingerprint density at radius 3 is 2.58 bits per heavy atom. The highest BCUT2D eigenvalue weighted by molar-refractivity contribution is 5.88. The topological polar surface area (TPSA) is 52.6 Å². The van der Waals surface area contributed by atoms with Crippen LogP contribution in [0.2, 0.25) is 0 Å². The summed E-state index contributed by atoms with van der Waals surface area (Å²) in [5.41, 5.74) is -0.422. The highest BCUT2D eigenvalue weighted by Crippen LogP contribution is 2.34. The van der Waals surface area contributed by atoms with Crippen molar-refractivity contribution in [3.05, 3.63) is 0 Å². The van der Waals surface area contributed by atoms with E-state index < -0.39 is 11.9 Å². The van der Waals surface area contributed by atoms with Crippen LogP contribution in [0.3, 0.4) is 0 Å². The van der Waals surface area contributed by atoms with E-state index in [4.69, 9.17) is 0 Å². The summed E-state index contributed by atoms with van der Waals surface area (Å²) >= 11 is 0. The first kappa shape index (κ1) is 8.01. The Kier molecular flexibility index (Phi) is 1.63. The highest BCUT2D eigenvalue weighted by Gasteiger charge is 2.50. The lowest BCUT2D eigenvalue weighted by Crippen LogP contribution is -2.44. The summed E-state index contributed by atoms with van der Waals surface area (Å²) in [6, 6.07) is 0. The lowest BCUT2D eigenvalue weighted by Gasteiger charge is -2.19. The molecule has 0 aromatic rings. The van der Waals surface area contributed by atoms with Crippen LogP contribution in [0.25, 0.3) is 0 Å². The Hall–Kier alpha value is -0.610. The molecule has 1 amide bonds. The molecule has 4 nitrogen and oxygen atoms in total. The lowest BCUT2D eigenvalue weighted by molar-refractivity contribution is -0.134. The third-order valence-electron chi connectivity index (χ3n) is 2.96. The molecule has 1 spiro atoms. The molecule has 0 radical (unpaired) electrons. The number of hydrogen-bond acceptors (Lipinski definition) is 3. The van der Waals surface area contributed by atoms with E-state index in [1.54, 1.807) is 7.05 Å². The standard InChI is InChI=1S/C8H14N2O2/c1-10-6(11)8(9-7(10)12)4-2-3-5-8/h7,9,12H,2-5H2,1H3. The Morgan fingerprint density at radius 1 is 1.58 bits per heavy atom. The number of nitrogens with zero attached hydrogens (tertiary/aromatic N) is 1. The number of nitrogens with one attached hydrogen (secondary N) is 1. The van der Waals surface area contributed by atoms with E-state index in [2.05, 4.69) is 5.32 Å². The zero-order chi connectivity index (χ0) is 8.77. The predicted molar refractivity (Wildman–Crippen MR) is 43.1 cm³/mol. The maximum absolute atomic E-state index is 11.6. The smallest absolute Gasteiger partial charge is 0.245 e. The number of likely N-dealkylation sites (N-methyl/N-ethyl adjacent to an activating group) is 1. The number of carbonyl (C=O) groups excluding carboxylic acids is 1. The molecule has 1 aliphatic carbocycles. The van der Waals surface area contributed by atoms with E-state index in [1.165, 1.54) is 4.90 Å². The molecule has 2 N–H and O–H groups in total. The van der Waals surface area contributed by atoms with Crippen LogP contribution in [0.5, 0.6) is 0 Å². The van der Waals surface area contributed by atoms with Gasteiger partial charge in [0.2, 0.25) is 5.91 Å². The maximum atomic E-state index is 11.6. The molecule has 0 aromatic carbocycles. The number of aliphatic hydroxyl groups is 1. The Labute approximate surface area is 71.5 Å². The molecule has 1 atom stereocenters. The Morgan fingerprint density at radius 2 is 2.17 bits per heavy atom. The summed E-state index contributed by atoms with van der Waals surface area (Å²) in [7, 11) is 1.63. The Bertz CT molecular complexity index is 211. The molecule has 1 unspecified atom stereocenters. The predicted octanol–water partition coefficient (Wildman–Crippen LogP) is -0.363. The van der Waals surface area contributed by atoms with Gasteiger partial charge in [-0.3, -0.25) is 10.1 Å². The quantitative estimate of drug-likeness (QED) is 0.522. The molecule has 4 heteroatoms. The lowest BCUT2D eigenvalue weighted by atomic mass is 9.98. The maximum Gasteiger partial charge on any atom is 0.245 e. The molecule has 12 heavy (non-hydrogen) atoms. The van der Waals surface area contributed by atoms with Gasteiger partial charge in [0.1, 0.15) is 5.54 Å². The molecule has 2 rings (SSSR count). The van der Waals surface area contributed by atoms with E-state index in [-0.39, 0.29) is 5.91 Å². The first-order chi connectivity index (χ1) is 5.66. The number of hydrogen-bond donors (Lipinski definition) is 2. The van der Waals surface area contributed by atoms with Gasteiger partial charge < -0.3 is 10.0 Å². The number of carbonyl (C=O) groups is 1. The van der Waals surface area contributed by atoms with Gasteiger partial charge in [0, 0.05) is 7.05 Å². The second kappa shape index (κ2) is 2.44. The SMILES string of the molecule is CN1C(=O)C2(CCCC2)NC1O. The van der Waals surface area contributed by atoms with Crippen molar-refractivity contribution in [1.82, 2.24) is 10.2 Å². The fourth-order valence-corrected chi connectivity index (χ4v) is 2.19. The van der Waals surface area contributed by atoms with Gasteiger partial charge in [-0.15, -0.1) is 0 Å². The molecule has 1 heterocycles. The van der Waals surface area contributed by atoms with Crippen LogP contribution in [-0.4, -0.2) is 34.9 Å². The molecule has 68 valence electrons. The van der Waals surface area contributed by atoms with Gasteiger partial charge in [-0.05, 0) is 12.8 Å². The summed E-state index contributed by atoms with van der Waals surface area (Å²) in [4.78, 5) is 13.0. The average Bonchev–Trinajstić information content (AvgIpc) is 2.57. The molecular weight excluding hydrogens is 156 g/mol. The molecule has 1 saturated carbocycles. The Balaban J connectivity index is 2.23. The second-order valence-corrected chi connectivity index (χ2v) is 3.72. The van der Waals surface area contributed by atoms with Crippen molar-refractivity contribution in [3.8, 4) is 0 Å². The van der Waals surface area contributed by atoms with Gasteiger partial charge in [0.05, 0.1) is 0 Å². The minimum atomic E-state index is -0.782. The monoisotopic (exact) mass is 170 g/mol. The van der Waals surface area contributed by atoms with E-state index in [0.717, 1.165) is 25.7 Å². The minimum Gasteiger partial charge on any atom is -0.361 e. The molecule has 1 aliphatic heterocycles. The number of amides is 1. The van der Waals surface area contributed by atoms with Crippen LogP contribution in [0.4, 0.5) is 0 Å². The van der Waals surface area contributed by atoms with Crippen LogP contribution in [-0.2, 0) is 4.79 Å². The first-order valence-corrected chi connectivity index (χ1v) is 4.39. The fourth-order valence-electron chi connectivity index (χ4n) is 2.19. The summed E-state index contributed by atoms with van der Waals surface area (Å²) in [6.45, 7) is 0. The first-order valence-electron chi connectivity index (χ1n) is 4.39. The van der Waals surface area contributed by atoms with Gasteiger partial charge in [0.15, 0.2) is 6.35 Å². The number of aliphatic hydroxyl groups excluding tert-OH is 1. The van der Waals surface area contributed by atoms with Crippen molar-refractivity contribution in [2.24, 2.45) is 0 Å². The van der Waals surface area contributed by atoms with Gasteiger partial charge in [-0.1, -0.05) is 12.8 Å². The van der Waals surface area contributed by atoms with E-state index in [9.17, 15) is 9.90 Å². The van der Waals surface area contributed by atoms with Crippen LogP contribution < -0.4 is 5.32 Å². The van der Waals surface area contributed by atoms with Crippen molar-refractivity contribution in [1.29, 1.82) is 0 Å². The van der Waals surface area contributed by atoms with Gasteiger partial charge >= 0.3 is 0 Å². The number of rotatable bonds is 0. The van der Waals surface area contributed by atoms with Crippen molar-refractivity contribution in [2.45, 2.75) is 37.6 Å². The van der Waals surface area contributed by atoms with Crippen LogP contribution >= 0.6 is 0 Å².